The average Bonchev–Trinajstić information content (AvgIpc) is 3.09. The maximum absolute atomic E-state index is 13.0. The van der Waals surface area contributed by atoms with Crippen LogP contribution in [0.5, 0.6) is 0 Å². The van der Waals surface area contributed by atoms with Crippen LogP contribution in [0.3, 0.4) is 0 Å². The lowest BCUT2D eigenvalue weighted by Crippen LogP contribution is -2.28. The Morgan fingerprint density at radius 2 is 1.91 bits per heavy atom. The Morgan fingerprint density at radius 3 is 2.61 bits per heavy atom. The number of hydrogen-bond donors (Lipinski definition) is 1. The van der Waals surface area contributed by atoms with Crippen molar-refractivity contribution in [1.82, 2.24) is 14.9 Å². The van der Waals surface area contributed by atoms with Crippen LogP contribution < -0.4 is 5.32 Å². The summed E-state index contributed by atoms with van der Waals surface area (Å²) in [6.07, 6.45) is 5.16. The topological polar surface area (TPSA) is 58.1 Å². The largest absolute Gasteiger partial charge is 0.362 e. The second kappa shape index (κ2) is 6.73. The Bertz CT molecular complexity index is 683. The van der Waals surface area contributed by atoms with Gasteiger partial charge in [0.05, 0.1) is 12.4 Å². The molecule has 1 aliphatic heterocycles. The molecule has 0 aliphatic carbocycles. The van der Waals surface area contributed by atoms with Crippen molar-refractivity contribution < 1.29 is 9.18 Å². The first-order valence-electron chi connectivity index (χ1n) is 7.77. The fourth-order valence-corrected chi connectivity index (χ4v) is 2.68. The third kappa shape index (κ3) is 3.64. The molecule has 1 aliphatic rings. The maximum Gasteiger partial charge on any atom is 0.274 e. The molecule has 1 saturated heterocycles. The lowest BCUT2D eigenvalue weighted by atomic mass is 10.1. The number of nitrogens with zero attached hydrogens (tertiary/aromatic N) is 3. The van der Waals surface area contributed by atoms with Crippen LogP contribution in [-0.4, -0.2) is 33.9 Å². The Labute approximate surface area is 134 Å². The standard InChI is InChI=1S/C17H19FN4O/c1-12(13-4-6-14(18)7-5-13)20-16-11-19-10-15(21-16)17(23)22-8-2-3-9-22/h4-7,10-12H,2-3,8-9H2,1H3,(H,20,21)/t12-/m1/s1. The number of aromatic nitrogens is 2. The molecule has 1 N–H and O–H groups in total. The summed E-state index contributed by atoms with van der Waals surface area (Å²) in [5.74, 6) is 0.193. The zero-order valence-electron chi connectivity index (χ0n) is 13.0. The first kappa shape index (κ1) is 15.4. The lowest BCUT2D eigenvalue weighted by Gasteiger charge is -2.17. The molecule has 0 unspecified atom stereocenters. The van der Waals surface area contributed by atoms with Gasteiger partial charge in [-0.2, -0.15) is 0 Å². The van der Waals surface area contributed by atoms with Crippen molar-refractivity contribution in [3.63, 3.8) is 0 Å². The molecule has 0 saturated carbocycles. The molecule has 1 amide bonds. The summed E-state index contributed by atoms with van der Waals surface area (Å²) >= 11 is 0. The predicted octanol–water partition coefficient (Wildman–Crippen LogP) is 3.02. The molecule has 1 aromatic heterocycles. The maximum atomic E-state index is 13.0. The van der Waals surface area contributed by atoms with Crippen LogP contribution in [0.15, 0.2) is 36.7 Å². The van der Waals surface area contributed by atoms with Crippen LogP contribution in [-0.2, 0) is 0 Å². The van der Waals surface area contributed by atoms with E-state index in [0.29, 0.717) is 11.5 Å². The van der Waals surface area contributed by atoms with E-state index in [1.165, 1.54) is 18.3 Å². The zero-order chi connectivity index (χ0) is 16.2. The number of amides is 1. The van der Waals surface area contributed by atoms with Crippen molar-refractivity contribution in [3.8, 4) is 0 Å². The molecule has 0 spiro atoms. The molecular formula is C17H19FN4O. The molecule has 1 aromatic carbocycles. The molecule has 3 rings (SSSR count). The number of carbonyl (C=O) groups is 1. The minimum Gasteiger partial charge on any atom is -0.362 e. The van der Waals surface area contributed by atoms with E-state index < -0.39 is 0 Å². The number of anilines is 1. The van der Waals surface area contributed by atoms with E-state index in [0.717, 1.165) is 31.5 Å². The van der Waals surface area contributed by atoms with E-state index in [9.17, 15) is 9.18 Å². The number of nitrogens with one attached hydrogen (secondary N) is 1. The minimum absolute atomic E-state index is 0.0676. The van der Waals surface area contributed by atoms with E-state index in [1.807, 2.05) is 6.92 Å². The summed E-state index contributed by atoms with van der Waals surface area (Å²) < 4.78 is 13.0. The van der Waals surface area contributed by atoms with Gasteiger partial charge in [-0.05, 0) is 37.5 Å². The van der Waals surface area contributed by atoms with Crippen molar-refractivity contribution in [2.45, 2.75) is 25.8 Å². The van der Waals surface area contributed by atoms with Gasteiger partial charge in [-0.3, -0.25) is 9.78 Å². The van der Waals surface area contributed by atoms with Crippen LogP contribution in [0.4, 0.5) is 10.2 Å². The first-order chi connectivity index (χ1) is 11.1. The quantitative estimate of drug-likeness (QED) is 0.942. The molecule has 23 heavy (non-hydrogen) atoms. The van der Waals surface area contributed by atoms with Gasteiger partial charge in [-0.25, -0.2) is 9.37 Å². The lowest BCUT2D eigenvalue weighted by molar-refractivity contribution is 0.0786. The summed E-state index contributed by atoms with van der Waals surface area (Å²) in [7, 11) is 0. The number of likely N-dealkylation sites (tertiary alicyclic amines) is 1. The van der Waals surface area contributed by atoms with Gasteiger partial charge in [0.25, 0.3) is 5.91 Å². The van der Waals surface area contributed by atoms with Crippen molar-refractivity contribution in [2.24, 2.45) is 0 Å². The van der Waals surface area contributed by atoms with E-state index in [-0.39, 0.29) is 17.8 Å². The van der Waals surface area contributed by atoms with Crippen LogP contribution in [0, 0.1) is 5.82 Å². The second-order valence-electron chi connectivity index (χ2n) is 5.71. The third-order valence-electron chi connectivity index (χ3n) is 3.98. The molecule has 2 aromatic rings. The Hall–Kier alpha value is -2.50. The van der Waals surface area contributed by atoms with E-state index in [4.69, 9.17) is 0 Å². The molecule has 0 radical (unpaired) electrons. The Morgan fingerprint density at radius 1 is 1.22 bits per heavy atom. The number of halogens is 1. The monoisotopic (exact) mass is 314 g/mol. The number of benzene rings is 1. The summed E-state index contributed by atoms with van der Waals surface area (Å²) in [6, 6.07) is 6.22. The highest BCUT2D eigenvalue weighted by molar-refractivity contribution is 5.92. The highest BCUT2D eigenvalue weighted by atomic mass is 19.1. The van der Waals surface area contributed by atoms with E-state index in [2.05, 4.69) is 15.3 Å². The number of rotatable bonds is 4. The normalized spacial score (nSPS) is 15.5. The van der Waals surface area contributed by atoms with E-state index in [1.54, 1.807) is 23.2 Å². The van der Waals surface area contributed by atoms with Crippen LogP contribution in [0.25, 0.3) is 0 Å². The van der Waals surface area contributed by atoms with Crippen LogP contribution in [0.1, 0.15) is 41.9 Å². The SMILES string of the molecule is C[C@@H](Nc1cncc(C(=O)N2CCCC2)n1)c1ccc(F)cc1. The summed E-state index contributed by atoms with van der Waals surface area (Å²) in [5.41, 5.74) is 1.28. The number of hydrogen-bond acceptors (Lipinski definition) is 4. The molecule has 120 valence electrons. The Balaban J connectivity index is 1.71. The van der Waals surface area contributed by atoms with Crippen LogP contribution >= 0.6 is 0 Å². The summed E-state index contributed by atoms with van der Waals surface area (Å²) in [6.45, 7) is 3.51. The first-order valence-corrected chi connectivity index (χ1v) is 7.77. The third-order valence-corrected chi connectivity index (χ3v) is 3.98. The van der Waals surface area contributed by atoms with Gasteiger partial charge < -0.3 is 10.2 Å². The smallest absolute Gasteiger partial charge is 0.274 e. The van der Waals surface area contributed by atoms with Gasteiger partial charge in [-0.1, -0.05) is 12.1 Å². The van der Waals surface area contributed by atoms with E-state index >= 15 is 0 Å². The minimum atomic E-state index is -0.265. The summed E-state index contributed by atoms with van der Waals surface area (Å²) in [5, 5.41) is 3.20. The van der Waals surface area contributed by atoms with Gasteiger partial charge >= 0.3 is 0 Å². The average molecular weight is 314 g/mol. The zero-order valence-corrected chi connectivity index (χ0v) is 13.0. The highest BCUT2D eigenvalue weighted by Crippen LogP contribution is 2.18. The molecule has 6 heteroatoms. The van der Waals surface area contributed by atoms with Gasteiger partial charge in [-0.15, -0.1) is 0 Å². The summed E-state index contributed by atoms with van der Waals surface area (Å²) in [4.78, 5) is 22.6. The van der Waals surface area contributed by atoms with Crippen molar-refractivity contribution >= 4 is 11.7 Å². The molecule has 1 fully saturated rings. The molecular weight excluding hydrogens is 295 g/mol. The van der Waals surface area contributed by atoms with Gasteiger partial charge in [0.1, 0.15) is 17.3 Å². The van der Waals surface area contributed by atoms with Crippen LogP contribution in [0.2, 0.25) is 0 Å². The van der Waals surface area contributed by atoms with Gasteiger partial charge in [0, 0.05) is 19.1 Å². The molecule has 5 nitrogen and oxygen atoms in total. The second-order valence-corrected chi connectivity index (χ2v) is 5.71. The number of carbonyl (C=O) groups excluding carboxylic acids is 1. The molecule has 2 heterocycles. The fourth-order valence-electron chi connectivity index (χ4n) is 2.68. The van der Waals surface area contributed by atoms with Crippen molar-refractivity contribution in [3.05, 3.63) is 53.7 Å². The Kier molecular flexibility index (Phi) is 4.50. The van der Waals surface area contributed by atoms with Gasteiger partial charge in [0.15, 0.2) is 0 Å². The fraction of sp³-hybridized carbons (Fsp3) is 0.353. The van der Waals surface area contributed by atoms with Crippen molar-refractivity contribution in [2.75, 3.05) is 18.4 Å². The molecule has 1 atom stereocenters. The molecule has 0 bridgehead atoms. The highest BCUT2D eigenvalue weighted by Gasteiger charge is 2.21. The van der Waals surface area contributed by atoms with Crippen molar-refractivity contribution in [1.29, 1.82) is 0 Å². The predicted molar refractivity (Wildman–Crippen MR) is 85.6 cm³/mol. The van der Waals surface area contributed by atoms with Gasteiger partial charge in [0.2, 0.25) is 0 Å².